The molecule has 0 aromatic heterocycles. The predicted molar refractivity (Wildman–Crippen MR) is 78.7 cm³/mol. The molecule has 19 heavy (non-hydrogen) atoms. The first-order chi connectivity index (χ1) is 8.95. The van der Waals surface area contributed by atoms with Crippen LogP contribution in [0.3, 0.4) is 0 Å². The Kier molecular flexibility index (Phi) is 5.01. The molecular weight excluding hydrogens is 329 g/mol. The topological polar surface area (TPSA) is 37.4 Å². The van der Waals surface area contributed by atoms with Crippen LogP contribution in [0.1, 0.15) is 12.8 Å². The molecule has 0 N–H and O–H groups in total. The van der Waals surface area contributed by atoms with Crippen molar-refractivity contribution in [3.8, 4) is 0 Å². The number of hydrogen-bond acceptors (Lipinski definition) is 2. The zero-order chi connectivity index (χ0) is 14.0. The van der Waals surface area contributed by atoms with Crippen LogP contribution in [0, 0.1) is 5.92 Å². The number of alkyl halides is 1. The van der Waals surface area contributed by atoms with Crippen LogP contribution in [0.2, 0.25) is 10.0 Å². The van der Waals surface area contributed by atoms with E-state index in [9.17, 15) is 8.42 Å². The van der Waals surface area contributed by atoms with Crippen molar-refractivity contribution >= 4 is 44.8 Å². The van der Waals surface area contributed by atoms with Crippen LogP contribution in [0.5, 0.6) is 0 Å². The number of piperidine rings is 1. The highest BCUT2D eigenvalue weighted by molar-refractivity contribution is 7.89. The monoisotopic (exact) mass is 341 g/mol. The summed E-state index contributed by atoms with van der Waals surface area (Å²) in [5.41, 5.74) is 0. The van der Waals surface area contributed by atoms with E-state index in [2.05, 4.69) is 0 Å². The summed E-state index contributed by atoms with van der Waals surface area (Å²) in [5, 5.41) is 0.589. The third-order valence-electron chi connectivity index (χ3n) is 3.23. The first-order valence-electron chi connectivity index (χ1n) is 5.96. The second-order valence-corrected chi connectivity index (χ2v) is 7.66. The highest BCUT2D eigenvalue weighted by atomic mass is 35.5. The van der Waals surface area contributed by atoms with Gasteiger partial charge in [-0.25, -0.2) is 8.42 Å². The van der Waals surface area contributed by atoms with E-state index in [4.69, 9.17) is 34.8 Å². The molecule has 1 saturated heterocycles. The average molecular weight is 343 g/mol. The van der Waals surface area contributed by atoms with Crippen LogP contribution in [-0.4, -0.2) is 31.7 Å². The molecule has 0 bridgehead atoms. The molecule has 1 fully saturated rings. The minimum Gasteiger partial charge on any atom is -0.207 e. The molecular formula is C12H14Cl3NO2S. The van der Waals surface area contributed by atoms with Gasteiger partial charge in [-0.2, -0.15) is 4.31 Å². The maximum absolute atomic E-state index is 12.5. The lowest BCUT2D eigenvalue weighted by atomic mass is 10.0. The van der Waals surface area contributed by atoms with Crippen molar-refractivity contribution in [2.24, 2.45) is 5.92 Å². The maximum Gasteiger partial charge on any atom is 0.243 e. The van der Waals surface area contributed by atoms with Crippen LogP contribution in [-0.2, 0) is 10.0 Å². The zero-order valence-corrected chi connectivity index (χ0v) is 13.2. The summed E-state index contributed by atoms with van der Waals surface area (Å²) in [6.45, 7) is 0.988. The van der Waals surface area contributed by atoms with Crippen LogP contribution in [0.15, 0.2) is 23.1 Å². The van der Waals surface area contributed by atoms with Crippen LogP contribution >= 0.6 is 34.8 Å². The van der Waals surface area contributed by atoms with Crippen molar-refractivity contribution in [3.05, 3.63) is 28.2 Å². The molecule has 1 aromatic rings. The first-order valence-corrected chi connectivity index (χ1v) is 8.69. The van der Waals surface area contributed by atoms with Gasteiger partial charge in [-0.15, -0.1) is 11.6 Å². The van der Waals surface area contributed by atoms with Gasteiger partial charge in [0.1, 0.15) is 0 Å². The Balaban J connectivity index is 2.28. The van der Waals surface area contributed by atoms with E-state index in [-0.39, 0.29) is 15.8 Å². The Hall–Kier alpha value is -0.000000000000000111. The van der Waals surface area contributed by atoms with Crippen LogP contribution in [0.25, 0.3) is 0 Å². The lowest BCUT2D eigenvalue weighted by Crippen LogP contribution is -2.40. The van der Waals surface area contributed by atoms with Crippen molar-refractivity contribution in [2.45, 2.75) is 17.7 Å². The highest BCUT2D eigenvalue weighted by Gasteiger charge is 2.30. The molecule has 0 spiro atoms. The summed E-state index contributed by atoms with van der Waals surface area (Å²) in [4.78, 5) is 0.178. The molecule has 0 amide bonds. The van der Waals surface area contributed by atoms with Crippen molar-refractivity contribution in [1.82, 2.24) is 4.31 Å². The first kappa shape index (κ1) is 15.4. The normalized spacial score (nSPS) is 21.5. The Bertz CT molecular complexity index is 562. The molecule has 7 heteroatoms. The highest BCUT2D eigenvalue weighted by Crippen LogP contribution is 2.29. The van der Waals surface area contributed by atoms with Crippen molar-refractivity contribution in [1.29, 1.82) is 0 Å². The Morgan fingerprint density at radius 2 is 2.00 bits per heavy atom. The second kappa shape index (κ2) is 6.19. The van der Waals surface area contributed by atoms with Gasteiger partial charge in [-0.05, 0) is 37.0 Å². The fourth-order valence-corrected chi connectivity index (χ4v) is 4.35. The van der Waals surface area contributed by atoms with Gasteiger partial charge in [0.2, 0.25) is 10.0 Å². The van der Waals surface area contributed by atoms with E-state index in [0.29, 0.717) is 24.0 Å². The number of nitrogens with zero attached hydrogens (tertiary/aromatic N) is 1. The smallest absolute Gasteiger partial charge is 0.207 e. The van der Waals surface area contributed by atoms with Gasteiger partial charge in [-0.3, -0.25) is 0 Å². The molecule has 1 atom stereocenters. The number of halogens is 3. The van der Waals surface area contributed by atoms with Crippen molar-refractivity contribution < 1.29 is 8.42 Å². The quantitative estimate of drug-likeness (QED) is 0.787. The number of benzene rings is 1. The predicted octanol–water partition coefficient (Wildman–Crippen LogP) is 3.63. The number of rotatable bonds is 3. The number of sulfonamides is 1. The molecule has 2 rings (SSSR count). The van der Waals surface area contributed by atoms with Gasteiger partial charge in [-0.1, -0.05) is 23.2 Å². The molecule has 3 nitrogen and oxygen atoms in total. The van der Waals surface area contributed by atoms with Crippen LogP contribution in [0.4, 0.5) is 0 Å². The summed E-state index contributed by atoms with van der Waals surface area (Å²) in [6, 6.07) is 4.37. The van der Waals surface area contributed by atoms with E-state index >= 15 is 0 Å². The molecule has 1 aliphatic rings. The standard InChI is InChI=1S/C12H14Cl3NO2S/c13-7-9-2-1-5-16(8-9)19(17,18)10-3-4-11(14)12(15)6-10/h3-4,6,9H,1-2,5,7-8H2. The molecule has 0 saturated carbocycles. The zero-order valence-electron chi connectivity index (χ0n) is 10.2. The molecule has 106 valence electrons. The third kappa shape index (κ3) is 3.37. The lowest BCUT2D eigenvalue weighted by Gasteiger charge is -2.30. The second-order valence-electron chi connectivity index (χ2n) is 4.60. The Labute approximate surface area is 128 Å². The molecule has 0 aliphatic carbocycles. The van der Waals surface area contributed by atoms with Gasteiger partial charge in [0.15, 0.2) is 0 Å². The molecule has 1 unspecified atom stereocenters. The molecule has 1 aliphatic heterocycles. The van der Waals surface area contributed by atoms with Crippen LogP contribution < -0.4 is 0 Å². The van der Waals surface area contributed by atoms with E-state index in [1.54, 1.807) is 0 Å². The third-order valence-corrected chi connectivity index (χ3v) is 6.27. The van der Waals surface area contributed by atoms with Crippen molar-refractivity contribution in [2.75, 3.05) is 19.0 Å². The fraction of sp³-hybridized carbons (Fsp3) is 0.500. The minimum absolute atomic E-state index is 0.178. The number of hydrogen-bond donors (Lipinski definition) is 0. The SMILES string of the molecule is O=S(=O)(c1ccc(Cl)c(Cl)c1)N1CCCC(CCl)C1. The van der Waals surface area contributed by atoms with E-state index in [0.717, 1.165) is 12.8 Å². The Morgan fingerprint density at radius 1 is 1.26 bits per heavy atom. The van der Waals surface area contributed by atoms with Gasteiger partial charge in [0, 0.05) is 19.0 Å². The largest absolute Gasteiger partial charge is 0.243 e. The Morgan fingerprint density at radius 3 is 2.63 bits per heavy atom. The minimum atomic E-state index is -3.51. The summed E-state index contributed by atoms with van der Waals surface area (Å²) in [5.74, 6) is 0.695. The summed E-state index contributed by atoms with van der Waals surface area (Å²) in [7, 11) is -3.51. The van der Waals surface area contributed by atoms with E-state index in [1.165, 1.54) is 22.5 Å². The molecule has 1 heterocycles. The van der Waals surface area contributed by atoms with Crippen molar-refractivity contribution in [3.63, 3.8) is 0 Å². The van der Waals surface area contributed by atoms with Gasteiger partial charge >= 0.3 is 0 Å². The maximum atomic E-state index is 12.5. The lowest BCUT2D eigenvalue weighted by molar-refractivity contribution is 0.283. The van der Waals surface area contributed by atoms with Gasteiger partial charge < -0.3 is 0 Å². The summed E-state index contributed by atoms with van der Waals surface area (Å²) >= 11 is 17.5. The summed E-state index contributed by atoms with van der Waals surface area (Å²) in [6.07, 6.45) is 1.80. The van der Waals surface area contributed by atoms with Gasteiger partial charge in [0.05, 0.1) is 14.9 Å². The molecule has 0 radical (unpaired) electrons. The van der Waals surface area contributed by atoms with E-state index in [1.807, 2.05) is 0 Å². The fourth-order valence-electron chi connectivity index (χ4n) is 2.16. The van der Waals surface area contributed by atoms with E-state index < -0.39 is 10.0 Å². The van der Waals surface area contributed by atoms with Gasteiger partial charge in [0.25, 0.3) is 0 Å². The molecule has 1 aromatic carbocycles. The average Bonchev–Trinajstić information content (AvgIpc) is 2.41. The summed E-state index contributed by atoms with van der Waals surface area (Å²) < 4.78 is 26.5.